The summed E-state index contributed by atoms with van der Waals surface area (Å²) in [6.07, 6.45) is 4.94. The van der Waals surface area contributed by atoms with Gasteiger partial charge >= 0.3 is 5.97 Å². The molecule has 1 aromatic rings. The molecule has 5 aliphatic rings. The molecule has 5 heterocycles. The zero-order chi connectivity index (χ0) is 40.8. The number of carbonyl (C=O) groups is 1. The molecule has 1 aromatic carbocycles. The molecule has 1 spiro atoms. The Kier molecular flexibility index (Phi) is 13.4. The Morgan fingerprint density at radius 3 is 2.29 bits per heavy atom. The number of hydrogen-bond donors (Lipinski definition) is 3. The first-order valence-corrected chi connectivity index (χ1v) is 21.6. The molecule has 5 fully saturated rings. The van der Waals surface area contributed by atoms with Crippen molar-refractivity contribution in [1.82, 2.24) is 0 Å². The van der Waals surface area contributed by atoms with Gasteiger partial charge in [-0.3, -0.25) is 4.79 Å². The molecular weight excluding hydrogens is 716 g/mol. The van der Waals surface area contributed by atoms with Crippen LogP contribution in [0.25, 0.3) is 0 Å². The van der Waals surface area contributed by atoms with E-state index in [2.05, 4.69) is 65.8 Å². The number of aliphatic hydroxyl groups is 2. The third kappa shape index (κ3) is 8.37. The van der Waals surface area contributed by atoms with Gasteiger partial charge in [-0.05, 0) is 81.8 Å². The zero-order valence-corrected chi connectivity index (χ0v) is 35.7. The number of hydrogen-bond acceptors (Lipinski definition) is 10. The Morgan fingerprint density at radius 1 is 0.964 bits per heavy atom. The first-order chi connectivity index (χ1) is 26.5. The van der Waals surface area contributed by atoms with Gasteiger partial charge in [-0.2, -0.15) is 0 Å². The summed E-state index contributed by atoms with van der Waals surface area (Å²) in [5.74, 6) is -4.20. The van der Waals surface area contributed by atoms with Gasteiger partial charge in [0, 0.05) is 37.7 Å². The van der Waals surface area contributed by atoms with E-state index in [4.69, 9.17) is 33.2 Å². The average Bonchev–Trinajstić information content (AvgIpc) is 3.90. The molecule has 0 radical (unpaired) electrons. The number of carboxylic acid groups (broad SMARTS) is 1. The van der Waals surface area contributed by atoms with E-state index in [1.807, 2.05) is 13.8 Å². The molecule has 17 atom stereocenters. The number of ether oxygens (including phenoxy) is 7. The van der Waals surface area contributed by atoms with Crippen molar-refractivity contribution in [3.05, 3.63) is 35.4 Å². The number of aryl methyl sites for hydroxylation is 1. The molecule has 0 unspecified atom stereocenters. The molecule has 0 saturated carbocycles. The lowest BCUT2D eigenvalue weighted by molar-refractivity contribution is -0.340. The molecule has 0 aliphatic carbocycles. The molecule has 0 amide bonds. The van der Waals surface area contributed by atoms with Crippen LogP contribution in [0.2, 0.25) is 0 Å². The Labute approximate surface area is 335 Å². The minimum atomic E-state index is -1.57. The van der Waals surface area contributed by atoms with Crippen molar-refractivity contribution in [2.75, 3.05) is 13.7 Å². The van der Waals surface area contributed by atoms with Crippen molar-refractivity contribution in [2.45, 2.75) is 192 Å². The van der Waals surface area contributed by atoms with Crippen LogP contribution in [0.3, 0.4) is 0 Å². The number of rotatable bonds is 14. The Hall–Kier alpha value is -1.67. The van der Waals surface area contributed by atoms with E-state index < -0.39 is 47.4 Å². The van der Waals surface area contributed by atoms with Crippen molar-refractivity contribution < 1.29 is 53.3 Å². The van der Waals surface area contributed by atoms with Crippen LogP contribution in [0.1, 0.15) is 125 Å². The van der Waals surface area contributed by atoms with Crippen LogP contribution in [0.15, 0.2) is 24.3 Å². The summed E-state index contributed by atoms with van der Waals surface area (Å²) in [4.78, 5) is 12.2. The highest BCUT2D eigenvalue weighted by Gasteiger charge is 2.62. The van der Waals surface area contributed by atoms with Crippen molar-refractivity contribution in [3.8, 4) is 0 Å². The highest BCUT2D eigenvalue weighted by atomic mass is 16.7. The summed E-state index contributed by atoms with van der Waals surface area (Å²) in [5, 5.41) is 31.1. The summed E-state index contributed by atoms with van der Waals surface area (Å²) in [6.45, 7) is 18.7. The summed E-state index contributed by atoms with van der Waals surface area (Å²) in [5.41, 5.74) is 1.26. The SMILES string of the molecule is CCc1ccc(CO[C@H]2C[C@]3(CC[C@@](C)([C@H]4CC[C@@](CC)([C@@H]5O[C@@H]([C@H]6O[C@@](O)(CO)[C@H](C)C[C@@H]6C)C[C@@H]5C)O4)O3)O[C@H]([C@@H](C)[C@@H](OC)[C@H](C)C(=O)O)[C@@H]2C)cc1. The fraction of sp³-hybridized carbons (Fsp3) is 0.844. The maximum atomic E-state index is 12.2. The minimum absolute atomic E-state index is 0.0449. The first-order valence-electron chi connectivity index (χ1n) is 21.6. The highest BCUT2D eigenvalue weighted by molar-refractivity contribution is 5.70. The van der Waals surface area contributed by atoms with Gasteiger partial charge in [-0.15, -0.1) is 0 Å². The Balaban J connectivity index is 1.19. The van der Waals surface area contributed by atoms with E-state index in [0.717, 1.165) is 50.5 Å². The van der Waals surface area contributed by atoms with E-state index in [-0.39, 0.29) is 66.2 Å². The van der Waals surface area contributed by atoms with Gasteiger partial charge in [0.05, 0.1) is 73.1 Å². The molecule has 11 heteroatoms. The van der Waals surface area contributed by atoms with Crippen LogP contribution in [0.5, 0.6) is 0 Å². The highest BCUT2D eigenvalue weighted by Crippen LogP contribution is 2.55. The largest absolute Gasteiger partial charge is 0.481 e. The number of carboxylic acids is 1. The number of aliphatic hydroxyl groups excluding tert-OH is 1. The Morgan fingerprint density at radius 2 is 1.66 bits per heavy atom. The molecule has 5 aliphatic heterocycles. The quantitative estimate of drug-likeness (QED) is 0.178. The number of methoxy groups -OCH3 is 1. The third-order valence-electron chi connectivity index (χ3n) is 14.9. The fourth-order valence-corrected chi connectivity index (χ4v) is 11.2. The molecule has 0 aromatic heterocycles. The van der Waals surface area contributed by atoms with Gasteiger partial charge in [0.2, 0.25) is 0 Å². The summed E-state index contributed by atoms with van der Waals surface area (Å²) in [7, 11) is 1.58. The maximum absolute atomic E-state index is 12.2. The first kappa shape index (κ1) is 43.9. The molecule has 5 saturated heterocycles. The van der Waals surface area contributed by atoms with Crippen LogP contribution in [-0.4, -0.2) is 101 Å². The Bertz CT molecular complexity index is 1470. The van der Waals surface area contributed by atoms with Gasteiger partial charge in [-0.25, -0.2) is 0 Å². The second-order valence-corrected chi connectivity index (χ2v) is 18.7. The van der Waals surface area contributed by atoms with E-state index in [1.54, 1.807) is 14.0 Å². The molecule has 6 rings (SSSR count). The lowest BCUT2D eigenvalue weighted by atomic mass is 9.78. The van der Waals surface area contributed by atoms with Gasteiger partial charge in [0.1, 0.15) is 0 Å². The topological polar surface area (TPSA) is 142 Å². The molecule has 56 heavy (non-hydrogen) atoms. The number of benzene rings is 1. The van der Waals surface area contributed by atoms with E-state index in [9.17, 15) is 20.1 Å². The normalized spacial score (nSPS) is 44.6. The van der Waals surface area contributed by atoms with Crippen LogP contribution in [0, 0.1) is 35.5 Å². The third-order valence-corrected chi connectivity index (χ3v) is 14.9. The van der Waals surface area contributed by atoms with Crippen LogP contribution < -0.4 is 0 Å². The predicted molar refractivity (Wildman–Crippen MR) is 211 cm³/mol. The van der Waals surface area contributed by atoms with Gasteiger partial charge in [-0.1, -0.05) is 72.7 Å². The average molecular weight is 789 g/mol. The molecule has 11 nitrogen and oxygen atoms in total. The monoisotopic (exact) mass is 789 g/mol. The molecule has 0 bridgehead atoms. The van der Waals surface area contributed by atoms with Gasteiger partial charge in [0.25, 0.3) is 0 Å². The lowest BCUT2D eigenvalue weighted by Crippen LogP contribution is -2.57. The van der Waals surface area contributed by atoms with E-state index in [0.29, 0.717) is 19.4 Å². The van der Waals surface area contributed by atoms with Gasteiger partial charge < -0.3 is 48.5 Å². The van der Waals surface area contributed by atoms with Crippen LogP contribution in [0.4, 0.5) is 0 Å². The van der Waals surface area contributed by atoms with Crippen molar-refractivity contribution in [3.63, 3.8) is 0 Å². The second kappa shape index (κ2) is 17.1. The van der Waals surface area contributed by atoms with Crippen LogP contribution >= 0.6 is 0 Å². The second-order valence-electron chi connectivity index (χ2n) is 18.7. The van der Waals surface area contributed by atoms with Crippen molar-refractivity contribution in [2.24, 2.45) is 35.5 Å². The maximum Gasteiger partial charge on any atom is 0.308 e. The predicted octanol–water partition coefficient (Wildman–Crippen LogP) is 7.06. The van der Waals surface area contributed by atoms with Gasteiger partial charge in [0.15, 0.2) is 11.6 Å². The summed E-state index contributed by atoms with van der Waals surface area (Å²) >= 11 is 0. The van der Waals surface area contributed by atoms with Crippen molar-refractivity contribution in [1.29, 1.82) is 0 Å². The lowest BCUT2D eigenvalue weighted by Gasteiger charge is -2.50. The molecule has 3 N–H and O–H groups in total. The van der Waals surface area contributed by atoms with Crippen molar-refractivity contribution >= 4 is 5.97 Å². The van der Waals surface area contributed by atoms with E-state index in [1.165, 1.54) is 5.56 Å². The van der Waals surface area contributed by atoms with Crippen LogP contribution in [-0.2, 0) is 51.0 Å². The fourth-order valence-electron chi connectivity index (χ4n) is 11.2. The number of aliphatic carboxylic acids is 1. The molecule has 318 valence electrons. The summed E-state index contributed by atoms with van der Waals surface area (Å²) in [6, 6.07) is 8.56. The minimum Gasteiger partial charge on any atom is -0.481 e. The van der Waals surface area contributed by atoms with E-state index >= 15 is 0 Å². The molecular formula is C45H72O11. The summed E-state index contributed by atoms with van der Waals surface area (Å²) < 4.78 is 47.3. The zero-order valence-electron chi connectivity index (χ0n) is 35.7. The smallest absolute Gasteiger partial charge is 0.308 e. The standard InChI is InChI=1S/C45H72O11/c1-11-32-13-15-33(16-14-32)24-51-35-23-44(54-39(29(35)6)30(7)38(50-10)31(8)41(47)48)20-19-42(9,56-44)36-17-18-43(12-2,53-36)40-27(4)22-34(52-40)37-26(3)21-28(5)45(49,25-46)55-37/h13-16,26-31,34-40,46,49H,11-12,17-25H2,1-10H3,(H,47,48)/t26-,27-,28+,29+,30-,31-,34+,35-,36+,37-,38+,39-,40+,42-,43-,44+,45-/m0/s1.